The number of pyridine rings is 1. The summed E-state index contributed by atoms with van der Waals surface area (Å²) >= 11 is 0. The van der Waals surface area contributed by atoms with E-state index < -0.39 is 0 Å². The van der Waals surface area contributed by atoms with Crippen molar-refractivity contribution < 1.29 is 0 Å². The van der Waals surface area contributed by atoms with E-state index in [1.807, 2.05) is 30.3 Å². The lowest BCUT2D eigenvalue weighted by Crippen LogP contribution is -2.01. The van der Waals surface area contributed by atoms with E-state index in [1.165, 1.54) is 0 Å². The van der Waals surface area contributed by atoms with Crippen molar-refractivity contribution in [2.75, 3.05) is 5.73 Å². The molecule has 2 N–H and O–H groups in total. The smallest absolute Gasteiger partial charge is 0.136 e. The van der Waals surface area contributed by atoms with Crippen LogP contribution in [-0.4, -0.2) is 15.0 Å². The maximum atomic E-state index is 5.63. The van der Waals surface area contributed by atoms with E-state index in [0.29, 0.717) is 18.1 Å². The van der Waals surface area contributed by atoms with Crippen LogP contribution in [0.15, 0.2) is 48.7 Å². The standard InChI is InChI=1S/C14H12N4/c15-13-7-8-16-14(18-13)9-11-6-5-10-3-1-2-4-12(10)17-11/h1-8H,9H2,(H2,15,16,18). The summed E-state index contributed by atoms with van der Waals surface area (Å²) < 4.78 is 0. The van der Waals surface area contributed by atoms with Crippen molar-refractivity contribution in [3.8, 4) is 0 Å². The molecule has 2 heterocycles. The Morgan fingerprint density at radius 2 is 1.83 bits per heavy atom. The van der Waals surface area contributed by atoms with Crippen molar-refractivity contribution in [1.29, 1.82) is 0 Å². The number of hydrogen-bond acceptors (Lipinski definition) is 4. The molecule has 3 aromatic rings. The summed E-state index contributed by atoms with van der Waals surface area (Å²) in [5.74, 6) is 1.18. The number of nitrogens with zero attached hydrogens (tertiary/aromatic N) is 3. The van der Waals surface area contributed by atoms with E-state index in [1.54, 1.807) is 12.3 Å². The molecule has 0 radical (unpaired) electrons. The first-order valence-corrected chi connectivity index (χ1v) is 5.73. The van der Waals surface area contributed by atoms with Crippen LogP contribution in [-0.2, 0) is 6.42 Å². The molecule has 0 aliphatic rings. The second-order valence-electron chi connectivity index (χ2n) is 4.07. The minimum absolute atomic E-state index is 0.487. The molecule has 18 heavy (non-hydrogen) atoms. The predicted molar refractivity (Wildman–Crippen MR) is 71.0 cm³/mol. The van der Waals surface area contributed by atoms with E-state index in [2.05, 4.69) is 21.0 Å². The van der Waals surface area contributed by atoms with Crippen LogP contribution < -0.4 is 5.73 Å². The highest BCUT2D eigenvalue weighted by Crippen LogP contribution is 2.13. The zero-order valence-electron chi connectivity index (χ0n) is 9.74. The van der Waals surface area contributed by atoms with Crippen LogP contribution in [0.2, 0.25) is 0 Å². The Hall–Kier alpha value is -2.49. The Bertz CT molecular complexity index is 694. The Kier molecular flexibility index (Phi) is 2.61. The molecular weight excluding hydrogens is 224 g/mol. The molecule has 0 aliphatic carbocycles. The number of nitrogen functional groups attached to an aromatic ring is 1. The second kappa shape index (κ2) is 4.41. The molecule has 4 nitrogen and oxygen atoms in total. The molecule has 0 saturated heterocycles. The van der Waals surface area contributed by atoms with Gasteiger partial charge < -0.3 is 5.73 Å². The lowest BCUT2D eigenvalue weighted by molar-refractivity contribution is 0.947. The molecule has 0 atom stereocenters. The van der Waals surface area contributed by atoms with Gasteiger partial charge in [-0.05, 0) is 18.2 Å². The monoisotopic (exact) mass is 236 g/mol. The van der Waals surface area contributed by atoms with Crippen LogP contribution in [0.1, 0.15) is 11.5 Å². The van der Waals surface area contributed by atoms with Crippen LogP contribution in [0.5, 0.6) is 0 Å². The summed E-state index contributed by atoms with van der Waals surface area (Å²) in [4.78, 5) is 12.9. The van der Waals surface area contributed by atoms with Gasteiger partial charge in [0.15, 0.2) is 0 Å². The van der Waals surface area contributed by atoms with Gasteiger partial charge in [0.1, 0.15) is 11.6 Å². The molecule has 2 aromatic heterocycles. The summed E-state index contributed by atoms with van der Waals surface area (Å²) in [6, 6.07) is 13.8. The Morgan fingerprint density at radius 3 is 2.72 bits per heavy atom. The first kappa shape index (κ1) is 10.7. The van der Waals surface area contributed by atoms with Gasteiger partial charge in [-0.2, -0.15) is 0 Å². The van der Waals surface area contributed by atoms with Crippen LogP contribution in [0.25, 0.3) is 10.9 Å². The summed E-state index contributed by atoms with van der Waals surface area (Å²) in [6.45, 7) is 0. The maximum Gasteiger partial charge on any atom is 0.136 e. The number of rotatable bonds is 2. The van der Waals surface area contributed by atoms with E-state index in [9.17, 15) is 0 Å². The quantitative estimate of drug-likeness (QED) is 0.740. The Morgan fingerprint density at radius 1 is 0.944 bits per heavy atom. The summed E-state index contributed by atoms with van der Waals surface area (Å²) in [6.07, 6.45) is 2.26. The third-order valence-electron chi connectivity index (χ3n) is 2.72. The van der Waals surface area contributed by atoms with Gasteiger partial charge in [-0.3, -0.25) is 4.98 Å². The number of nitrogens with two attached hydrogens (primary N) is 1. The van der Waals surface area contributed by atoms with Gasteiger partial charge >= 0.3 is 0 Å². The molecule has 0 saturated carbocycles. The zero-order chi connectivity index (χ0) is 12.4. The highest BCUT2D eigenvalue weighted by molar-refractivity contribution is 5.78. The molecule has 0 fully saturated rings. The maximum absolute atomic E-state index is 5.63. The molecule has 1 aromatic carbocycles. The number of anilines is 1. The predicted octanol–water partition coefficient (Wildman–Crippen LogP) is 2.20. The average Bonchev–Trinajstić information content (AvgIpc) is 2.39. The van der Waals surface area contributed by atoms with Gasteiger partial charge in [-0.25, -0.2) is 9.97 Å². The highest BCUT2D eigenvalue weighted by atomic mass is 14.9. The van der Waals surface area contributed by atoms with Gasteiger partial charge in [0.05, 0.1) is 11.9 Å². The fraction of sp³-hybridized carbons (Fsp3) is 0.0714. The minimum Gasteiger partial charge on any atom is -0.384 e. The van der Waals surface area contributed by atoms with Crippen LogP contribution in [0.3, 0.4) is 0 Å². The van der Waals surface area contributed by atoms with Crippen molar-refractivity contribution in [3.63, 3.8) is 0 Å². The van der Waals surface area contributed by atoms with Gasteiger partial charge in [-0.1, -0.05) is 24.3 Å². The molecule has 0 bridgehead atoms. The fourth-order valence-electron chi connectivity index (χ4n) is 1.87. The number of benzene rings is 1. The largest absolute Gasteiger partial charge is 0.384 e. The molecule has 0 amide bonds. The molecule has 0 aliphatic heterocycles. The van der Waals surface area contributed by atoms with Gasteiger partial charge in [0.2, 0.25) is 0 Å². The lowest BCUT2D eigenvalue weighted by Gasteiger charge is -2.02. The molecule has 0 spiro atoms. The molecule has 0 unspecified atom stereocenters. The minimum atomic E-state index is 0.487. The Labute approximate surface area is 105 Å². The number of aromatic nitrogens is 3. The van der Waals surface area contributed by atoms with Crippen molar-refractivity contribution in [2.45, 2.75) is 6.42 Å². The average molecular weight is 236 g/mol. The van der Waals surface area contributed by atoms with Crippen LogP contribution >= 0.6 is 0 Å². The summed E-state index contributed by atoms with van der Waals surface area (Å²) in [5.41, 5.74) is 7.56. The molecule has 3 rings (SSSR count). The number of fused-ring (bicyclic) bond motifs is 1. The second-order valence-corrected chi connectivity index (χ2v) is 4.07. The molecular formula is C14H12N4. The number of hydrogen-bond donors (Lipinski definition) is 1. The topological polar surface area (TPSA) is 64.7 Å². The third-order valence-corrected chi connectivity index (χ3v) is 2.72. The Balaban J connectivity index is 1.95. The van der Waals surface area contributed by atoms with E-state index in [0.717, 1.165) is 16.6 Å². The van der Waals surface area contributed by atoms with Crippen molar-refractivity contribution in [2.24, 2.45) is 0 Å². The van der Waals surface area contributed by atoms with E-state index in [4.69, 9.17) is 5.73 Å². The van der Waals surface area contributed by atoms with Crippen LogP contribution in [0, 0.1) is 0 Å². The van der Waals surface area contributed by atoms with Gasteiger partial charge in [-0.15, -0.1) is 0 Å². The van der Waals surface area contributed by atoms with Gasteiger partial charge in [0, 0.05) is 17.3 Å². The lowest BCUT2D eigenvalue weighted by atomic mass is 10.2. The van der Waals surface area contributed by atoms with Gasteiger partial charge in [0.25, 0.3) is 0 Å². The first-order valence-electron chi connectivity index (χ1n) is 5.73. The van der Waals surface area contributed by atoms with Crippen molar-refractivity contribution in [3.05, 3.63) is 60.2 Å². The van der Waals surface area contributed by atoms with E-state index in [-0.39, 0.29) is 0 Å². The summed E-state index contributed by atoms with van der Waals surface area (Å²) in [5, 5.41) is 1.13. The first-order chi connectivity index (χ1) is 8.81. The number of para-hydroxylation sites is 1. The van der Waals surface area contributed by atoms with Crippen molar-refractivity contribution >= 4 is 16.7 Å². The van der Waals surface area contributed by atoms with E-state index >= 15 is 0 Å². The SMILES string of the molecule is Nc1ccnc(Cc2ccc3ccccc3n2)n1. The normalized spacial score (nSPS) is 10.7. The molecule has 88 valence electrons. The summed E-state index contributed by atoms with van der Waals surface area (Å²) in [7, 11) is 0. The molecule has 4 heteroatoms. The highest BCUT2D eigenvalue weighted by Gasteiger charge is 2.02. The van der Waals surface area contributed by atoms with Crippen LogP contribution in [0.4, 0.5) is 5.82 Å². The third kappa shape index (κ3) is 2.13. The zero-order valence-corrected chi connectivity index (χ0v) is 9.74. The fourth-order valence-corrected chi connectivity index (χ4v) is 1.87. The van der Waals surface area contributed by atoms with Crippen molar-refractivity contribution in [1.82, 2.24) is 15.0 Å².